The van der Waals surface area contributed by atoms with Crippen molar-refractivity contribution in [1.29, 1.82) is 0 Å². The first-order valence-corrected chi connectivity index (χ1v) is 9.71. The maximum atomic E-state index is 12.9. The third kappa shape index (κ3) is 4.71. The lowest BCUT2D eigenvalue weighted by atomic mass is 10.1. The molecule has 0 radical (unpaired) electrons. The first kappa shape index (κ1) is 20.1. The Kier molecular flexibility index (Phi) is 7.21. The predicted molar refractivity (Wildman–Crippen MR) is 96.6 cm³/mol. The monoisotopic (exact) mass is 389 g/mol. The number of carbonyl (C=O) groups is 1. The van der Waals surface area contributed by atoms with Crippen LogP contribution in [0.3, 0.4) is 0 Å². The van der Waals surface area contributed by atoms with E-state index in [1.807, 2.05) is 0 Å². The molecule has 2 heterocycles. The molecule has 1 aromatic carbocycles. The van der Waals surface area contributed by atoms with Crippen LogP contribution in [0.2, 0.25) is 0 Å². The Labute approximate surface area is 154 Å². The van der Waals surface area contributed by atoms with Crippen LogP contribution in [-0.4, -0.2) is 64.1 Å². The molecule has 0 bridgehead atoms. The number of halogens is 1. The Morgan fingerprint density at radius 2 is 1.80 bits per heavy atom. The number of morpholine rings is 1. The van der Waals surface area contributed by atoms with Crippen LogP contribution >= 0.6 is 12.4 Å². The normalized spacial score (nSPS) is 19.8. The number of carbonyl (C=O) groups excluding carboxylic acids is 1. The molecule has 0 aliphatic carbocycles. The molecule has 1 aromatic rings. The largest absolute Gasteiger partial charge is 0.379 e. The van der Waals surface area contributed by atoms with Crippen molar-refractivity contribution in [2.45, 2.75) is 23.8 Å². The third-order valence-electron chi connectivity index (χ3n) is 4.39. The van der Waals surface area contributed by atoms with Crippen LogP contribution in [0.5, 0.6) is 0 Å². The average molecular weight is 390 g/mol. The maximum Gasteiger partial charge on any atom is 0.252 e. The van der Waals surface area contributed by atoms with E-state index in [-0.39, 0.29) is 34.8 Å². The number of nitrogens with zero attached hydrogens (tertiary/aromatic N) is 1. The summed E-state index contributed by atoms with van der Waals surface area (Å²) in [7, 11) is -3.70. The number of nitrogens with one attached hydrogen (secondary N) is 2. The van der Waals surface area contributed by atoms with Crippen molar-refractivity contribution in [3.05, 3.63) is 29.8 Å². The number of ether oxygens (including phenoxy) is 1. The zero-order valence-electron chi connectivity index (χ0n) is 13.9. The van der Waals surface area contributed by atoms with Gasteiger partial charge in [0, 0.05) is 19.1 Å². The van der Waals surface area contributed by atoms with Crippen molar-refractivity contribution in [2.75, 3.05) is 39.4 Å². The van der Waals surface area contributed by atoms with E-state index in [4.69, 9.17) is 4.74 Å². The highest BCUT2D eigenvalue weighted by molar-refractivity contribution is 7.89. The number of amides is 1. The Hall–Kier alpha value is -1.19. The van der Waals surface area contributed by atoms with E-state index in [1.54, 1.807) is 18.2 Å². The van der Waals surface area contributed by atoms with Crippen molar-refractivity contribution < 1.29 is 17.9 Å². The minimum atomic E-state index is -3.70. The molecule has 0 aromatic heterocycles. The van der Waals surface area contributed by atoms with Gasteiger partial charge in [-0.2, -0.15) is 4.31 Å². The van der Waals surface area contributed by atoms with E-state index >= 15 is 0 Å². The van der Waals surface area contributed by atoms with Gasteiger partial charge in [0.2, 0.25) is 10.0 Å². The smallest absolute Gasteiger partial charge is 0.252 e. The molecule has 2 fully saturated rings. The summed E-state index contributed by atoms with van der Waals surface area (Å²) in [6.45, 7) is 3.10. The van der Waals surface area contributed by atoms with Crippen LogP contribution in [0.4, 0.5) is 0 Å². The fourth-order valence-corrected chi connectivity index (χ4v) is 4.63. The van der Waals surface area contributed by atoms with E-state index in [2.05, 4.69) is 10.6 Å². The quantitative estimate of drug-likeness (QED) is 0.787. The first-order chi connectivity index (χ1) is 11.6. The highest BCUT2D eigenvalue weighted by Gasteiger charge is 2.30. The summed E-state index contributed by atoms with van der Waals surface area (Å²) >= 11 is 0. The Balaban J connectivity index is 0.00000225. The third-order valence-corrected chi connectivity index (χ3v) is 6.35. The summed E-state index contributed by atoms with van der Waals surface area (Å²) in [5, 5.41) is 6.20. The number of rotatable bonds is 4. The fourth-order valence-electron chi connectivity index (χ4n) is 3.03. The molecule has 2 N–H and O–H groups in total. The van der Waals surface area contributed by atoms with Crippen molar-refractivity contribution in [3.63, 3.8) is 0 Å². The number of hydrogen-bond donors (Lipinski definition) is 2. The zero-order valence-corrected chi connectivity index (χ0v) is 15.6. The topological polar surface area (TPSA) is 87.7 Å². The molecule has 2 aliphatic heterocycles. The van der Waals surface area contributed by atoms with Crippen molar-refractivity contribution >= 4 is 28.3 Å². The molecule has 0 atom stereocenters. The van der Waals surface area contributed by atoms with Gasteiger partial charge in [-0.1, -0.05) is 12.1 Å². The second-order valence-corrected chi connectivity index (χ2v) is 7.92. The van der Waals surface area contributed by atoms with Gasteiger partial charge in [-0.05, 0) is 38.1 Å². The maximum absolute atomic E-state index is 12.9. The molecule has 1 amide bonds. The van der Waals surface area contributed by atoms with E-state index in [0.717, 1.165) is 25.9 Å². The molecule has 25 heavy (non-hydrogen) atoms. The summed E-state index contributed by atoms with van der Waals surface area (Å²) in [4.78, 5) is 12.7. The van der Waals surface area contributed by atoms with E-state index in [1.165, 1.54) is 10.4 Å². The van der Waals surface area contributed by atoms with Crippen LogP contribution in [0, 0.1) is 0 Å². The van der Waals surface area contributed by atoms with Gasteiger partial charge in [0.25, 0.3) is 5.91 Å². The molecule has 0 unspecified atom stereocenters. The Morgan fingerprint density at radius 3 is 2.48 bits per heavy atom. The van der Waals surface area contributed by atoms with Gasteiger partial charge in [-0.25, -0.2) is 8.42 Å². The number of benzene rings is 1. The molecular weight excluding hydrogens is 366 g/mol. The summed E-state index contributed by atoms with van der Waals surface area (Å²) in [5.74, 6) is -0.325. The van der Waals surface area contributed by atoms with Gasteiger partial charge < -0.3 is 15.4 Å². The van der Waals surface area contributed by atoms with Crippen LogP contribution in [0.1, 0.15) is 23.2 Å². The molecule has 2 saturated heterocycles. The number of hydrogen-bond acceptors (Lipinski definition) is 5. The summed E-state index contributed by atoms with van der Waals surface area (Å²) < 4.78 is 32.4. The lowest BCUT2D eigenvalue weighted by Crippen LogP contribution is -2.44. The standard InChI is InChI=1S/C16H23N3O4S.ClH/c20-16(18-13-5-7-17-8-6-13)14-3-1-2-4-15(14)24(21,22)19-9-11-23-12-10-19;/h1-4,13,17H,5-12H2,(H,18,20);1H. The van der Waals surface area contributed by atoms with Gasteiger partial charge >= 0.3 is 0 Å². The molecule has 3 rings (SSSR count). The average Bonchev–Trinajstić information content (AvgIpc) is 2.63. The van der Waals surface area contributed by atoms with Gasteiger partial charge in [0.15, 0.2) is 0 Å². The lowest BCUT2D eigenvalue weighted by molar-refractivity contribution is 0.0729. The van der Waals surface area contributed by atoms with E-state index in [0.29, 0.717) is 26.3 Å². The zero-order chi connectivity index (χ0) is 17.0. The van der Waals surface area contributed by atoms with Gasteiger partial charge in [-0.15, -0.1) is 12.4 Å². The predicted octanol–water partition coefficient (Wildman–Crippen LogP) is 0.611. The minimum Gasteiger partial charge on any atom is -0.379 e. The number of sulfonamides is 1. The van der Waals surface area contributed by atoms with E-state index in [9.17, 15) is 13.2 Å². The molecular formula is C16H24ClN3O4S. The van der Waals surface area contributed by atoms with Crippen LogP contribution in [-0.2, 0) is 14.8 Å². The van der Waals surface area contributed by atoms with Crippen molar-refractivity contribution in [2.24, 2.45) is 0 Å². The molecule has 0 spiro atoms. The second kappa shape index (κ2) is 8.95. The highest BCUT2D eigenvalue weighted by atomic mass is 35.5. The molecule has 7 nitrogen and oxygen atoms in total. The van der Waals surface area contributed by atoms with Crippen LogP contribution in [0.25, 0.3) is 0 Å². The van der Waals surface area contributed by atoms with Crippen molar-refractivity contribution in [3.8, 4) is 0 Å². The van der Waals surface area contributed by atoms with Gasteiger partial charge in [0.1, 0.15) is 0 Å². The van der Waals surface area contributed by atoms with Crippen molar-refractivity contribution in [1.82, 2.24) is 14.9 Å². The lowest BCUT2D eigenvalue weighted by Gasteiger charge is -2.27. The Bertz CT molecular complexity index is 686. The first-order valence-electron chi connectivity index (χ1n) is 8.27. The van der Waals surface area contributed by atoms with Gasteiger partial charge in [-0.3, -0.25) is 4.79 Å². The number of piperidine rings is 1. The minimum absolute atomic E-state index is 0. The summed E-state index contributed by atoms with van der Waals surface area (Å²) in [6.07, 6.45) is 1.70. The van der Waals surface area contributed by atoms with Gasteiger partial charge in [0.05, 0.1) is 23.7 Å². The summed E-state index contributed by atoms with van der Waals surface area (Å²) in [5.41, 5.74) is 0.211. The van der Waals surface area contributed by atoms with E-state index < -0.39 is 10.0 Å². The van der Waals surface area contributed by atoms with Crippen LogP contribution in [0.15, 0.2) is 29.2 Å². The fraction of sp³-hybridized carbons (Fsp3) is 0.562. The highest BCUT2D eigenvalue weighted by Crippen LogP contribution is 2.21. The second-order valence-electron chi connectivity index (χ2n) is 6.01. The molecule has 140 valence electrons. The Morgan fingerprint density at radius 1 is 1.16 bits per heavy atom. The molecule has 9 heteroatoms. The molecule has 2 aliphatic rings. The molecule has 0 saturated carbocycles. The summed E-state index contributed by atoms with van der Waals surface area (Å²) in [6, 6.07) is 6.49. The SMILES string of the molecule is Cl.O=C(NC1CCNCC1)c1ccccc1S(=O)(=O)N1CCOCC1. The van der Waals surface area contributed by atoms with Crippen LogP contribution < -0.4 is 10.6 Å².